The quantitative estimate of drug-likeness (QED) is 0.780. The highest BCUT2D eigenvalue weighted by molar-refractivity contribution is 7.89. The molecule has 0 aliphatic carbocycles. The van der Waals surface area contributed by atoms with E-state index in [-0.39, 0.29) is 22.5 Å². The van der Waals surface area contributed by atoms with E-state index in [1.54, 1.807) is 0 Å². The Morgan fingerprint density at radius 3 is 2.38 bits per heavy atom. The molecule has 1 N–H and O–H groups in total. The Balaban J connectivity index is 1.54. The lowest BCUT2D eigenvalue weighted by atomic mass is 10.3. The molecular formula is C17H19ClN4O3S. The molecule has 0 atom stereocenters. The maximum atomic E-state index is 12.6. The van der Waals surface area contributed by atoms with Crippen LogP contribution in [0.2, 0.25) is 5.15 Å². The molecule has 0 saturated carbocycles. The summed E-state index contributed by atoms with van der Waals surface area (Å²) in [4.78, 5) is 18.0. The number of aromatic nitrogens is 1. The molecule has 1 aliphatic rings. The molecule has 1 aliphatic heterocycles. The first-order valence-electron chi connectivity index (χ1n) is 8.14. The van der Waals surface area contributed by atoms with Crippen molar-refractivity contribution < 1.29 is 13.2 Å². The van der Waals surface area contributed by atoms with Crippen LogP contribution in [0, 0.1) is 0 Å². The number of rotatable bonds is 5. The van der Waals surface area contributed by atoms with E-state index < -0.39 is 10.0 Å². The van der Waals surface area contributed by atoms with Crippen molar-refractivity contribution in [2.24, 2.45) is 0 Å². The molecule has 2 heterocycles. The number of hydrogen-bond donors (Lipinski definition) is 1. The summed E-state index contributed by atoms with van der Waals surface area (Å²) in [6, 6.07) is 12.1. The van der Waals surface area contributed by atoms with Crippen molar-refractivity contribution >= 4 is 33.2 Å². The Labute approximate surface area is 157 Å². The minimum absolute atomic E-state index is 0.116. The number of benzene rings is 1. The second-order valence-electron chi connectivity index (χ2n) is 5.91. The first-order valence-corrected chi connectivity index (χ1v) is 9.96. The topological polar surface area (TPSA) is 82.6 Å². The first kappa shape index (κ1) is 18.8. The minimum atomic E-state index is -3.59. The van der Waals surface area contributed by atoms with E-state index in [4.69, 9.17) is 11.6 Å². The maximum absolute atomic E-state index is 12.6. The van der Waals surface area contributed by atoms with E-state index in [9.17, 15) is 13.2 Å². The monoisotopic (exact) mass is 394 g/mol. The van der Waals surface area contributed by atoms with Crippen molar-refractivity contribution in [1.29, 1.82) is 0 Å². The fourth-order valence-electron chi connectivity index (χ4n) is 2.72. The third-order valence-electron chi connectivity index (χ3n) is 4.09. The van der Waals surface area contributed by atoms with Gasteiger partial charge in [-0.25, -0.2) is 13.4 Å². The lowest BCUT2D eigenvalue weighted by Crippen LogP contribution is -2.50. The molecular weight excluding hydrogens is 376 g/mol. The van der Waals surface area contributed by atoms with Crippen molar-refractivity contribution in [3.8, 4) is 0 Å². The SMILES string of the molecule is O=C(CN1CCN(S(=O)(=O)c2ccc(Cl)nc2)CC1)Nc1ccccc1. The van der Waals surface area contributed by atoms with E-state index in [1.807, 2.05) is 35.2 Å². The molecule has 0 spiro atoms. The fraction of sp³-hybridized carbons (Fsp3) is 0.294. The summed E-state index contributed by atoms with van der Waals surface area (Å²) < 4.78 is 26.6. The zero-order valence-corrected chi connectivity index (χ0v) is 15.6. The predicted octanol–water partition coefficient (Wildman–Crippen LogP) is 1.68. The number of amides is 1. The molecule has 7 nitrogen and oxygen atoms in total. The second kappa shape index (κ2) is 8.13. The Hall–Kier alpha value is -2.00. The summed E-state index contributed by atoms with van der Waals surface area (Å²) in [5.41, 5.74) is 0.744. The number of pyridine rings is 1. The van der Waals surface area contributed by atoms with Crippen LogP contribution in [-0.4, -0.2) is 61.2 Å². The normalized spacial score (nSPS) is 16.3. The Morgan fingerprint density at radius 2 is 1.77 bits per heavy atom. The van der Waals surface area contributed by atoms with Crippen molar-refractivity contribution in [1.82, 2.24) is 14.2 Å². The number of sulfonamides is 1. The van der Waals surface area contributed by atoms with Gasteiger partial charge in [0, 0.05) is 38.1 Å². The molecule has 0 radical (unpaired) electrons. The third kappa shape index (κ3) is 4.59. The number of carbonyl (C=O) groups excluding carboxylic acids is 1. The van der Waals surface area contributed by atoms with Crippen LogP contribution in [0.15, 0.2) is 53.6 Å². The highest BCUT2D eigenvalue weighted by atomic mass is 35.5. The Kier molecular flexibility index (Phi) is 5.87. The zero-order chi connectivity index (χ0) is 18.6. The van der Waals surface area contributed by atoms with Gasteiger partial charge in [-0.2, -0.15) is 4.31 Å². The molecule has 1 aromatic heterocycles. The standard InChI is InChI=1S/C17H19ClN4O3S/c18-16-7-6-15(12-19-16)26(24,25)22-10-8-21(9-11-22)13-17(23)20-14-4-2-1-3-5-14/h1-7,12H,8-11,13H2,(H,20,23). The largest absolute Gasteiger partial charge is 0.325 e. The Morgan fingerprint density at radius 1 is 1.08 bits per heavy atom. The van der Waals surface area contributed by atoms with Crippen LogP contribution in [0.3, 0.4) is 0 Å². The van der Waals surface area contributed by atoms with Gasteiger partial charge in [0.15, 0.2) is 0 Å². The van der Waals surface area contributed by atoms with Crippen LogP contribution < -0.4 is 5.32 Å². The molecule has 1 aromatic carbocycles. The number of halogens is 1. The van der Waals surface area contributed by atoms with Gasteiger partial charge in [-0.1, -0.05) is 29.8 Å². The van der Waals surface area contributed by atoms with Crippen LogP contribution in [0.1, 0.15) is 0 Å². The molecule has 1 fully saturated rings. The van der Waals surface area contributed by atoms with E-state index in [0.29, 0.717) is 26.2 Å². The summed E-state index contributed by atoms with van der Waals surface area (Å²) in [5.74, 6) is -0.116. The van der Waals surface area contributed by atoms with E-state index >= 15 is 0 Å². The number of nitrogens with zero attached hydrogens (tertiary/aromatic N) is 3. The highest BCUT2D eigenvalue weighted by Crippen LogP contribution is 2.18. The fourth-order valence-corrected chi connectivity index (χ4v) is 4.20. The number of hydrogen-bond acceptors (Lipinski definition) is 5. The van der Waals surface area contributed by atoms with E-state index in [1.165, 1.54) is 22.6 Å². The van der Waals surface area contributed by atoms with Gasteiger partial charge in [0.05, 0.1) is 6.54 Å². The zero-order valence-electron chi connectivity index (χ0n) is 14.0. The number of nitrogens with one attached hydrogen (secondary N) is 1. The van der Waals surface area contributed by atoms with Gasteiger partial charge < -0.3 is 5.32 Å². The number of para-hydroxylation sites is 1. The van der Waals surface area contributed by atoms with Crippen LogP contribution in [-0.2, 0) is 14.8 Å². The van der Waals surface area contributed by atoms with Gasteiger partial charge in [0.1, 0.15) is 10.0 Å². The molecule has 1 saturated heterocycles. The molecule has 138 valence electrons. The lowest BCUT2D eigenvalue weighted by Gasteiger charge is -2.33. The van der Waals surface area contributed by atoms with Gasteiger partial charge >= 0.3 is 0 Å². The van der Waals surface area contributed by atoms with Crippen molar-refractivity contribution in [2.75, 3.05) is 38.0 Å². The number of anilines is 1. The first-order chi connectivity index (χ1) is 12.4. The van der Waals surface area contributed by atoms with Gasteiger partial charge in [0.25, 0.3) is 0 Å². The summed E-state index contributed by atoms with van der Waals surface area (Å²) in [5, 5.41) is 3.08. The molecule has 0 unspecified atom stereocenters. The van der Waals surface area contributed by atoms with Crippen LogP contribution >= 0.6 is 11.6 Å². The molecule has 1 amide bonds. The summed E-state index contributed by atoms with van der Waals surface area (Å²) in [6.45, 7) is 1.85. The molecule has 0 bridgehead atoms. The molecule has 2 aromatic rings. The van der Waals surface area contributed by atoms with Gasteiger partial charge in [-0.15, -0.1) is 0 Å². The van der Waals surface area contributed by atoms with Crippen LogP contribution in [0.25, 0.3) is 0 Å². The van der Waals surface area contributed by atoms with Crippen LogP contribution in [0.5, 0.6) is 0 Å². The van der Waals surface area contributed by atoms with Crippen molar-refractivity contribution in [2.45, 2.75) is 4.90 Å². The maximum Gasteiger partial charge on any atom is 0.244 e. The molecule has 26 heavy (non-hydrogen) atoms. The Bertz CT molecular complexity index is 851. The minimum Gasteiger partial charge on any atom is -0.325 e. The number of carbonyl (C=O) groups is 1. The average molecular weight is 395 g/mol. The van der Waals surface area contributed by atoms with Gasteiger partial charge in [-0.3, -0.25) is 9.69 Å². The van der Waals surface area contributed by atoms with Gasteiger partial charge in [0.2, 0.25) is 15.9 Å². The highest BCUT2D eigenvalue weighted by Gasteiger charge is 2.29. The summed E-state index contributed by atoms with van der Waals surface area (Å²) >= 11 is 5.71. The third-order valence-corrected chi connectivity index (χ3v) is 6.20. The van der Waals surface area contributed by atoms with E-state index in [2.05, 4.69) is 10.3 Å². The van der Waals surface area contributed by atoms with Crippen LogP contribution in [0.4, 0.5) is 5.69 Å². The lowest BCUT2D eigenvalue weighted by molar-refractivity contribution is -0.117. The predicted molar refractivity (Wildman–Crippen MR) is 99.5 cm³/mol. The smallest absolute Gasteiger partial charge is 0.244 e. The molecule has 3 rings (SSSR count). The van der Waals surface area contributed by atoms with Crippen molar-refractivity contribution in [3.63, 3.8) is 0 Å². The number of piperazine rings is 1. The summed E-state index contributed by atoms with van der Waals surface area (Å²) in [7, 11) is -3.59. The van der Waals surface area contributed by atoms with Crippen molar-refractivity contribution in [3.05, 3.63) is 53.8 Å². The molecule has 9 heteroatoms. The average Bonchev–Trinajstić information content (AvgIpc) is 2.63. The van der Waals surface area contributed by atoms with E-state index in [0.717, 1.165) is 5.69 Å². The van der Waals surface area contributed by atoms with Gasteiger partial charge in [-0.05, 0) is 24.3 Å². The second-order valence-corrected chi connectivity index (χ2v) is 8.24. The summed E-state index contributed by atoms with van der Waals surface area (Å²) in [6.07, 6.45) is 1.26.